The zero-order chi connectivity index (χ0) is 19.3. The van der Waals surface area contributed by atoms with Gasteiger partial charge in [0.2, 0.25) is 0 Å². The molecule has 1 aliphatic heterocycles. The van der Waals surface area contributed by atoms with Gasteiger partial charge in [-0.3, -0.25) is 14.2 Å². The number of carbonyl (C=O) groups is 2. The highest BCUT2D eigenvalue weighted by Crippen LogP contribution is 2.39. The lowest BCUT2D eigenvalue weighted by molar-refractivity contribution is -0.181. The summed E-state index contributed by atoms with van der Waals surface area (Å²) in [4.78, 5) is 38.8. The van der Waals surface area contributed by atoms with E-state index >= 15 is 0 Å². The molecular weight excluding hydrogens is 349 g/mol. The summed E-state index contributed by atoms with van der Waals surface area (Å²) in [5.74, 6) is -1.06. The second-order valence-electron chi connectivity index (χ2n) is 5.90. The molecule has 0 aromatic carbocycles. The van der Waals surface area contributed by atoms with Crippen molar-refractivity contribution in [1.29, 1.82) is 0 Å². The molecule has 0 amide bonds. The van der Waals surface area contributed by atoms with Crippen LogP contribution in [0, 0.1) is 0 Å². The molecule has 0 saturated carbocycles. The molecule has 1 fully saturated rings. The van der Waals surface area contributed by atoms with Crippen molar-refractivity contribution in [3.8, 4) is 0 Å². The lowest BCUT2D eigenvalue weighted by atomic mass is 9.99. The van der Waals surface area contributed by atoms with Crippen LogP contribution in [0.3, 0.4) is 0 Å². The predicted molar refractivity (Wildman–Crippen MR) is 87.8 cm³/mol. The lowest BCUT2D eigenvalue weighted by Gasteiger charge is -2.30. The third-order valence-corrected chi connectivity index (χ3v) is 4.09. The van der Waals surface area contributed by atoms with Crippen molar-refractivity contribution in [3.63, 3.8) is 0 Å². The molecule has 26 heavy (non-hydrogen) atoms. The van der Waals surface area contributed by atoms with Crippen molar-refractivity contribution < 1.29 is 28.2 Å². The van der Waals surface area contributed by atoms with E-state index in [1.807, 2.05) is 0 Å². The smallest absolute Gasteiger partial charge is 0.351 e. The molecule has 1 saturated heterocycles. The molecule has 1 unspecified atom stereocenters. The summed E-state index contributed by atoms with van der Waals surface area (Å²) < 4.78 is 31.1. The van der Waals surface area contributed by atoms with Gasteiger partial charge in [0.15, 0.2) is 5.60 Å². The van der Waals surface area contributed by atoms with Crippen LogP contribution in [-0.2, 0) is 23.8 Å². The Morgan fingerprint density at radius 3 is 2.69 bits per heavy atom. The number of nitrogens with zero attached hydrogens (tertiary/aromatic N) is 2. The fourth-order valence-electron chi connectivity index (χ4n) is 2.59. The van der Waals surface area contributed by atoms with Crippen molar-refractivity contribution in [3.05, 3.63) is 22.7 Å². The van der Waals surface area contributed by atoms with E-state index in [2.05, 4.69) is 4.98 Å². The Kier molecular flexibility index (Phi) is 6.30. The first-order valence-corrected chi connectivity index (χ1v) is 8.28. The monoisotopic (exact) mass is 371 g/mol. The van der Waals surface area contributed by atoms with Gasteiger partial charge < -0.3 is 19.9 Å². The number of carbonyl (C=O) groups excluding carboxylic acids is 2. The molecule has 0 aliphatic carbocycles. The third kappa shape index (κ3) is 4.18. The summed E-state index contributed by atoms with van der Waals surface area (Å²) in [5.41, 5.74) is 3.08. The lowest BCUT2D eigenvalue weighted by Crippen LogP contribution is -2.48. The molecule has 1 aromatic heterocycles. The van der Waals surface area contributed by atoms with Crippen LogP contribution < -0.4 is 11.4 Å². The SMILES string of the molecule is CCC(=O)OC[C@@]1(CF)O[C@@H](n2ccc(N)nc2=O)CC1OC(=O)CC. The zero-order valence-corrected chi connectivity index (χ0v) is 14.6. The average molecular weight is 371 g/mol. The number of anilines is 1. The fourth-order valence-corrected chi connectivity index (χ4v) is 2.59. The number of alkyl halides is 1. The van der Waals surface area contributed by atoms with Crippen molar-refractivity contribution >= 4 is 17.8 Å². The predicted octanol–water partition coefficient (Wildman–Crippen LogP) is 0.728. The summed E-state index contributed by atoms with van der Waals surface area (Å²) in [6.07, 6.45) is -0.417. The summed E-state index contributed by atoms with van der Waals surface area (Å²) in [6, 6.07) is 1.39. The Hall–Kier alpha value is -2.49. The third-order valence-electron chi connectivity index (χ3n) is 4.09. The number of nitrogen functional groups attached to an aromatic ring is 1. The van der Waals surface area contributed by atoms with Crippen LogP contribution in [0.15, 0.2) is 17.1 Å². The fraction of sp³-hybridized carbons (Fsp3) is 0.625. The van der Waals surface area contributed by atoms with Crippen LogP contribution in [-0.4, -0.2) is 46.5 Å². The van der Waals surface area contributed by atoms with E-state index in [4.69, 9.17) is 19.9 Å². The molecule has 0 bridgehead atoms. The van der Waals surface area contributed by atoms with Gasteiger partial charge in [-0.2, -0.15) is 4.98 Å². The van der Waals surface area contributed by atoms with Gasteiger partial charge in [0, 0.05) is 25.5 Å². The number of ether oxygens (including phenoxy) is 3. The van der Waals surface area contributed by atoms with Gasteiger partial charge in [-0.25, -0.2) is 9.18 Å². The van der Waals surface area contributed by atoms with Gasteiger partial charge in [0.25, 0.3) is 0 Å². The molecule has 1 aromatic rings. The Bertz CT molecular complexity index is 724. The maximum Gasteiger partial charge on any atom is 0.351 e. The Labute approximate surface area is 149 Å². The second kappa shape index (κ2) is 8.26. The molecule has 144 valence electrons. The molecule has 2 rings (SSSR count). The van der Waals surface area contributed by atoms with Gasteiger partial charge in [0.1, 0.15) is 31.4 Å². The Morgan fingerprint density at radius 2 is 2.12 bits per heavy atom. The Morgan fingerprint density at radius 1 is 1.42 bits per heavy atom. The van der Waals surface area contributed by atoms with Crippen LogP contribution in [0.1, 0.15) is 39.3 Å². The highest BCUT2D eigenvalue weighted by Gasteiger charge is 2.53. The molecule has 0 spiro atoms. The first-order valence-electron chi connectivity index (χ1n) is 8.28. The van der Waals surface area contributed by atoms with Crippen LogP contribution in [0.2, 0.25) is 0 Å². The number of nitrogens with two attached hydrogens (primary N) is 1. The van der Waals surface area contributed by atoms with Crippen LogP contribution in [0.25, 0.3) is 0 Å². The first-order chi connectivity index (χ1) is 12.3. The maximum absolute atomic E-state index is 13.9. The normalized spacial score (nSPS) is 25.0. The van der Waals surface area contributed by atoms with E-state index in [1.54, 1.807) is 13.8 Å². The van der Waals surface area contributed by atoms with Crippen LogP contribution >= 0.6 is 0 Å². The number of aromatic nitrogens is 2. The quantitative estimate of drug-likeness (QED) is 0.696. The van der Waals surface area contributed by atoms with E-state index in [1.165, 1.54) is 12.3 Å². The second-order valence-corrected chi connectivity index (χ2v) is 5.90. The van der Waals surface area contributed by atoms with Gasteiger partial charge in [-0.15, -0.1) is 0 Å². The molecule has 10 heteroatoms. The van der Waals surface area contributed by atoms with E-state index < -0.39 is 48.8 Å². The molecular formula is C16H22FN3O6. The van der Waals surface area contributed by atoms with Gasteiger partial charge >= 0.3 is 17.6 Å². The minimum Gasteiger partial charge on any atom is -0.462 e. The maximum atomic E-state index is 13.9. The zero-order valence-electron chi connectivity index (χ0n) is 14.6. The largest absolute Gasteiger partial charge is 0.462 e. The van der Waals surface area contributed by atoms with E-state index in [0.717, 1.165) is 4.57 Å². The number of esters is 2. The van der Waals surface area contributed by atoms with Crippen LogP contribution in [0.4, 0.5) is 10.2 Å². The van der Waals surface area contributed by atoms with Gasteiger partial charge in [-0.1, -0.05) is 13.8 Å². The number of halogens is 1. The van der Waals surface area contributed by atoms with E-state index in [0.29, 0.717) is 0 Å². The van der Waals surface area contributed by atoms with Gasteiger partial charge in [0.05, 0.1) is 0 Å². The number of hydrogen-bond acceptors (Lipinski definition) is 8. The molecule has 9 nitrogen and oxygen atoms in total. The van der Waals surface area contributed by atoms with Crippen LogP contribution in [0.5, 0.6) is 0 Å². The summed E-state index contributed by atoms with van der Waals surface area (Å²) >= 11 is 0. The topological polar surface area (TPSA) is 123 Å². The summed E-state index contributed by atoms with van der Waals surface area (Å²) in [7, 11) is 0. The molecule has 2 heterocycles. The van der Waals surface area contributed by atoms with Crippen molar-refractivity contribution in [2.75, 3.05) is 19.0 Å². The molecule has 0 radical (unpaired) electrons. The average Bonchev–Trinajstić information content (AvgIpc) is 2.98. The number of rotatable bonds is 7. The number of hydrogen-bond donors (Lipinski definition) is 1. The highest BCUT2D eigenvalue weighted by atomic mass is 19.1. The summed E-state index contributed by atoms with van der Waals surface area (Å²) in [6.45, 7) is 1.68. The summed E-state index contributed by atoms with van der Waals surface area (Å²) in [5, 5.41) is 0. The standard InChI is InChI=1S/C16H22FN3O6/c1-3-13(21)24-9-16(8-17)10(25-14(22)4-2)7-12(26-16)20-6-5-11(18)19-15(20)23/h5-6,10,12H,3-4,7-9H2,1-2H3,(H2,18,19,23)/t10?,12-,16-/m1/s1. The molecule has 3 atom stereocenters. The van der Waals surface area contributed by atoms with Crippen molar-refractivity contribution in [2.45, 2.75) is 51.0 Å². The highest BCUT2D eigenvalue weighted by molar-refractivity contribution is 5.69. The van der Waals surface area contributed by atoms with Crippen molar-refractivity contribution in [2.24, 2.45) is 0 Å². The van der Waals surface area contributed by atoms with Crippen molar-refractivity contribution in [1.82, 2.24) is 9.55 Å². The van der Waals surface area contributed by atoms with E-state index in [-0.39, 0.29) is 25.1 Å². The minimum atomic E-state index is -1.69. The molecule has 2 N–H and O–H groups in total. The van der Waals surface area contributed by atoms with E-state index in [9.17, 15) is 18.8 Å². The van der Waals surface area contributed by atoms with Gasteiger partial charge in [-0.05, 0) is 6.07 Å². The Balaban J connectivity index is 2.30. The molecule has 1 aliphatic rings. The minimum absolute atomic E-state index is 0.00480. The first kappa shape index (κ1) is 19.8.